The quantitative estimate of drug-likeness (QED) is 0.657. The molecule has 4 rings (SSSR count). The lowest BCUT2D eigenvalue weighted by Crippen LogP contribution is -2.22. The first-order chi connectivity index (χ1) is 12.2. The smallest absolute Gasteiger partial charge is 0.225 e. The van der Waals surface area contributed by atoms with E-state index in [1.165, 1.54) is 0 Å². The number of nitrogens with one attached hydrogen (secondary N) is 1. The molecule has 0 bridgehead atoms. The van der Waals surface area contributed by atoms with Gasteiger partial charge in [-0.1, -0.05) is 41.9 Å². The van der Waals surface area contributed by atoms with Crippen molar-refractivity contribution in [2.75, 3.05) is 12.4 Å². The number of amides is 1. The van der Waals surface area contributed by atoms with Gasteiger partial charge in [0.1, 0.15) is 5.75 Å². The summed E-state index contributed by atoms with van der Waals surface area (Å²) in [5.41, 5.74) is 3.99. The van der Waals surface area contributed by atoms with E-state index in [0.29, 0.717) is 11.4 Å². The van der Waals surface area contributed by atoms with E-state index < -0.39 is 0 Å². The summed E-state index contributed by atoms with van der Waals surface area (Å²) in [5.74, 6) is 0.825. The summed E-state index contributed by atoms with van der Waals surface area (Å²) < 4.78 is 5.22. The van der Waals surface area contributed by atoms with Crippen molar-refractivity contribution in [1.82, 2.24) is 0 Å². The maximum absolute atomic E-state index is 12.3. The van der Waals surface area contributed by atoms with E-state index in [1.54, 1.807) is 18.4 Å². The standard InChI is InChI=1S/C20H16ClNO2S/c1-24-13-8-6-12(7-9-13)16-11-25-20-15(10-18(23)22-19(16)20)14-4-2-3-5-17(14)21/h2-9,11,15H,10H2,1H3,(H,22,23). The molecule has 0 radical (unpaired) electrons. The average Bonchev–Trinajstić information content (AvgIpc) is 3.05. The Morgan fingerprint density at radius 3 is 2.64 bits per heavy atom. The predicted molar refractivity (Wildman–Crippen MR) is 103 cm³/mol. The Morgan fingerprint density at radius 1 is 1.16 bits per heavy atom. The fourth-order valence-electron chi connectivity index (χ4n) is 3.22. The summed E-state index contributed by atoms with van der Waals surface area (Å²) in [6, 6.07) is 15.6. The number of benzene rings is 2. The maximum atomic E-state index is 12.3. The van der Waals surface area contributed by atoms with Crippen molar-refractivity contribution in [2.24, 2.45) is 0 Å². The van der Waals surface area contributed by atoms with Crippen molar-refractivity contribution in [3.8, 4) is 16.9 Å². The van der Waals surface area contributed by atoms with E-state index in [4.69, 9.17) is 16.3 Å². The van der Waals surface area contributed by atoms with E-state index in [0.717, 1.165) is 33.0 Å². The van der Waals surface area contributed by atoms with Crippen molar-refractivity contribution in [3.63, 3.8) is 0 Å². The minimum Gasteiger partial charge on any atom is -0.497 e. The van der Waals surface area contributed by atoms with Crippen LogP contribution in [-0.4, -0.2) is 13.0 Å². The third-order valence-electron chi connectivity index (χ3n) is 4.47. The van der Waals surface area contributed by atoms with Crippen molar-refractivity contribution in [3.05, 3.63) is 69.4 Å². The van der Waals surface area contributed by atoms with E-state index in [-0.39, 0.29) is 11.8 Å². The molecule has 0 aliphatic carbocycles. The van der Waals surface area contributed by atoms with Crippen molar-refractivity contribution in [2.45, 2.75) is 12.3 Å². The van der Waals surface area contributed by atoms with Crippen LogP contribution in [0.5, 0.6) is 5.75 Å². The van der Waals surface area contributed by atoms with Gasteiger partial charge in [0.05, 0.1) is 12.8 Å². The lowest BCUT2D eigenvalue weighted by Gasteiger charge is -2.24. The molecule has 1 atom stereocenters. The molecular weight excluding hydrogens is 354 g/mol. The molecule has 1 aromatic heterocycles. The first-order valence-corrected chi connectivity index (χ1v) is 9.23. The molecule has 3 aromatic rings. The third kappa shape index (κ3) is 2.92. The number of ether oxygens (including phenoxy) is 1. The van der Waals surface area contributed by atoms with E-state index in [1.807, 2.05) is 48.5 Å². The van der Waals surface area contributed by atoms with Crippen LogP contribution in [0.3, 0.4) is 0 Å². The van der Waals surface area contributed by atoms with Crippen LogP contribution < -0.4 is 10.1 Å². The number of fused-ring (bicyclic) bond motifs is 1. The number of thiophene rings is 1. The minimum atomic E-state index is -0.00514. The second-order valence-electron chi connectivity index (χ2n) is 5.94. The number of carbonyl (C=O) groups excluding carboxylic acids is 1. The summed E-state index contributed by atoms with van der Waals surface area (Å²) in [5, 5.41) is 5.85. The van der Waals surface area contributed by atoms with Crippen LogP contribution in [0.4, 0.5) is 5.69 Å². The largest absolute Gasteiger partial charge is 0.497 e. The Balaban J connectivity index is 1.80. The normalized spacial score (nSPS) is 16.2. The van der Waals surface area contributed by atoms with Gasteiger partial charge in [-0.15, -0.1) is 11.3 Å². The summed E-state index contributed by atoms with van der Waals surface area (Å²) >= 11 is 8.05. The van der Waals surface area contributed by atoms with Crippen LogP contribution in [0.25, 0.3) is 11.1 Å². The zero-order chi connectivity index (χ0) is 17.4. The molecule has 0 fully saturated rings. The molecule has 0 saturated heterocycles. The number of methoxy groups -OCH3 is 1. The lowest BCUT2D eigenvalue weighted by atomic mass is 9.89. The highest BCUT2D eigenvalue weighted by Crippen LogP contribution is 2.47. The molecule has 1 aliphatic rings. The Morgan fingerprint density at radius 2 is 1.92 bits per heavy atom. The third-order valence-corrected chi connectivity index (χ3v) is 5.91. The van der Waals surface area contributed by atoms with Crippen molar-refractivity contribution >= 4 is 34.5 Å². The fourth-order valence-corrected chi connectivity index (χ4v) is 4.64. The zero-order valence-corrected chi connectivity index (χ0v) is 15.2. The van der Waals surface area contributed by atoms with Crippen LogP contribution in [-0.2, 0) is 4.79 Å². The van der Waals surface area contributed by atoms with Gasteiger partial charge in [-0.25, -0.2) is 0 Å². The maximum Gasteiger partial charge on any atom is 0.225 e. The van der Waals surface area contributed by atoms with Gasteiger partial charge in [-0.2, -0.15) is 0 Å². The highest BCUT2D eigenvalue weighted by atomic mass is 35.5. The Labute approximate surface area is 155 Å². The van der Waals surface area contributed by atoms with Gasteiger partial charge in [-0.05, 0) is 29.3 Å². The number of hydrogen-bond acceptors (Lipinski definition) is 3. The summed E-state index contributed by atoms with van der Waals surface area (Å²) in [4.78, 5) is 13.5. The highest BCUT2D eigenvalue weighted by Gasteiger charge is 2.31. The van der Waals surface area contributed by atoms with Gasteiger partial charge in [0.15, 0.2) is 0 Å². The first kappa shape index (κ1) is 16.2. The molecular formula is C20H16ClNO2S. The molecule has 1 amide bonds. The molecule has 5 heteroatoms. The summed E-state index contributed by atoms with van der Waals surface area (Å²) in [6.45, 7) is 0. The molecule has 3 nitrogen and oxygen atoms in total. The second kappa shape index (κ2) is 6.54. The van der Waals surface area contributed by atoms with Gasteiger partial charge >= 0.3 is 0 Å². The topological polar surface area (TPSA) is 38.3 Å². The number of hydrogen-bond donors (Lipinski definition) is 1. The van der Waals surface area contributed by atoms with Crippen molar-refractivity contribution in [1.29, 1.82) is 0 Å². The van der Waals surface area contributed by atoms with Crippen LogP contribution in [0.15, 0.2) is 53.9 Å². The molecule has 1 unspecified atom stereocenters. The van der Waals surface area contributed by atoms with Gasteiger partial charge in [-0.3, -0.25) is 4.79 Å². The van der Waals surface area contributed by atoms with E-state index in [9.17, 15) is 4.79 Å². The molecule has 0 spiro atoms. The lowest BCUT2D eigenvalue weighted by molar-refractivity contribution is -0.116. The number of anilines is 1. The monoisotopic (exact) mass is 369 g/mol. The SMILES string of the molecule is COc1ccc(-c2csc3c2NC(=O)CC3c2ccccc2Cl)cc1. The highest BCUT2D eigenvalue weighted by molar-refractivity contribution is 7.11. The van der Waals surface area contributed by atoms with E-state index >= 15 is 0 Å². The Hall–Kier alpha value is -2.30. The second-order valence-corrected chi connectivity index (χ2v) is 7.26. The van der Waals surface area contributed by atoms with Gasteiger partial charge in [0.2, 0.25) is 5.91 Å². The number of carbonyl (C=O) groups is 1. The molecule has 126 valence electrons. The average molecular weight is 370 g/mol. The predicted octanol–water partition coefficient (Wildman–Crippen LogP) is 5.55. The Kier molecular flexibility index (Phi) is 4.24. The fraction of sp³-hybridized carbons (Fsp3) is 0.150. The first-order valence-electron chi connectivity index (χ1n) is 7.97. The molecule has 25 heavy (non-hydrogen) atoms. The van der Waals surface area contributed by atoms with Crippen molar-refractivity contribution < 1.29 is 9.53 Å². The zero-order valence-electron chi connectivity index (χ0n) is 13.6. The molecule has 0 saturated carbocycles. The molecule has 1 aliphatic heterocycles. The summed E-state index contributed by atoms with van der Waals surface area (Å²) in [7, 11) is 1.65. The summed E-state index contributed by atoms with van der Waals surface area (Å²) in [6.07, 6.45) is 0.416. The minimum absolute atomic E-state index is 0.00514. The van der Waals surface area contributed by atoms with Crippen LogP contribution in [0.2, 0.25) is 5.02 Å². The molecule has 1 N–H and O–H groups in total. The molecule has 2 heterocycles. The van der Waals surface area contributed by atoms with E-state index in [2.05, 4.69) is 10.7 Å². The molecule has 2 aromatic carbocycles. The van der Waals surface area contributed by atoms with Gasteiger partial charge in [0.25, 0.3) is 0 Å². The number of rotatable bonds is 3. The van der Waals surface area contributed by atoms with Crippen LogP contribution >= 0.6 is 22.9 Å². The van der Waals surface area contributed by atoms with Gasteiger partial charge in [0, 0.05) is 33.2 Å². The van der Waals surface area contributed by atoms with Gasteiger partial charge < -0.3 is 10.1 Å². The number of halogens is 1. The Bertz CT molecular complexity index is 933. The van der Waals surface area contributed by atoms with Crippen LogP contribution in [0.1, 0.15) is 22.8 Å². The van der Waals surface area contributed by atoms with Crippen LogP contribution in [0, 0.1) is 0 Å².